The summed E-state index contributed by atoms with van der Waals surface area (Å²) in [5.41, 5.74) is 0.603. The maximum absolute atomic E-state index is 13.3. The number of benzene rings is 1. The number of rotatable bonds is 4. The zero-order valence-corrected chi connectivity index (χ0v) is 12.7. The van der Waals surface area contributed by atoms with Gasteiger partial charge in [0.1, 0.15) is 0 Å². The van der Waals surface area contributed by atoms with Gasteiger partial charge in [0.15, 0.2) is 17.5 Å². The van der Waals surface area contributed by atoms with Gasteiger partial charge in [-0.25, -0.2) is 13.2 Å². The molecule has 1 unspecified atom stereocenters. The van der Waals surface area contributed by atoms with Crippen LogP contribution in [0.15, 0.2) is 24.3 Å². The van der Waals surface area contributed by atoms with Crippen LogP contribution in [0.5, 0.6) is 0 Å². The molecule has 1 aliphatic carbocycles. The van der Waals surface area contributed by atoms with Crippen LogP contribution in [0, 0.1) is 29.3 Å². The molecule has 1 saturated carbocycles. The predicted octanol–water partition coefficient (Wildman–Crippen LogP) is 5.98. The molecule has 0 aromatic heterocycles. The molecule has 116 valence electrons. The van der Waals surface area contributed by atoms with Crippen LogP contribution < -0.4 is 0 Å². The Kier molecular flexibility index (Phi) is 5.49. The minimum Gasteiger partial charge on any atom is -0.204 e. The lowest BCUT2D eigenvalue weighted by atomic mass is 9.73. The van der Waals surface area contributed by atoms with E-state index in [2.05, 4.69) is 19.1 Å². The second-order valence-corrected chi connectivity index (χ2v) is 6.19. The molecule has 21 heavy (non-hydrogen) atoms. The van der Waals surface area contributed by atoms with Crippen LogP contribution in [-0.4, -0.2) is 0 Å². The number of hydrogen-bond donors (Lipinski definition) is 0. The molecule has 0 amide bonds. The summed E-state index contributed by atoms with van der Waals surface area (Å²) >= 11 is 0. The second kappa shape index (κ2) is 7.15. The van der Waals surface area contributed by atoms with Gasteiger partial charge in [0, 0.05) is 0 Å². The van der Waals surface area contributed by atoms with Crippen LogP contribution in [-0.2, 0) is 0 Å². The minimum absolute atomic E-state index is 0.153. The van der Waals surface area contributed by atoms with E-state index in [1.165, 1.54) is 0 Å². The maximum Gasteiger partial charge on any atom is 0.194 e. The van der Waals surface area contributed by atoms with E-state index in [1.807, 2.05) is 6.92 Å². The van der Waals surface area contributed by atoms with Crippen LogP contribution in [0.2, 0.25) is 0 Å². The molecule has 1 aromatic carbocycles. The van der Waals surface area contributed by atoms with Crippen molar-refractivity contribution < 1.29 is 13.2 Å². The summed E-state index contributed by atoms with van der Waals surface area (Å²) in [7, 11) is 0. The van der Waals surface area contributed by atoms with Gasteiger partial charge in [-0.3, -0.25) is 0 Å². The average Bonchev–Trinajstić information content (AvgIpc) is 2.50. The summed E-state index contributed by atoms with van der Waals surface area (Å²) < 4.78 is 39.6. The van der Waals surface area contributed by atoms with E-state index in [0.29, 0.717) is 17.4 Å². The van der Waals surface area contributed by atoms with Gasteiger partial charge in [-0.2, -0.15) is 0 Å². The van der Waals surface area contributed by atoms with Gasteiger partial charge in [-0.05, 0) is 74.5 Å². The SMILES string of the molecule is CC=CCC(C)C1CCC(c2cc(F)c(F)c(F)c2)CC1. The van der Waals surface area contributed by atoms with Crippen molar-refractivity contribution >= 4 is 0 Å². The minimum atomic E-state index is -1.37. The van der Waals surface area contributed by atoms with Gasteiger partial charge in [0.25, 0.3) is 0 Å². The Morgan fingerprint density at radius 3 is 2.19 bits per heavy atom. The normalized spacial score (nSPS) is 24.4. The van der Waals surface area contributed by atoms with Gasteiger partial charge in [0.05, 0.1) is 0 Å². The molecule has 0 heterocycles. The molecular formula is C18H23F3. The monoisotopic (exact) mass is 296 g/mol. The summed E-state index contributed by atoms with van der Waals surface area (Å²) in [4.78, 5) is 0. The molecular weight excluding hydrogens is 273 g/mol. The molecule has 1 fully saturated rings. The van der Waals surface area contributed by atoms with E-state index in [1.54, 1.807) is 0 Å². The Hall–Kier alpha value is -1.25. The zero-order valence-electron chi connectivity index (χ0n) is 12.7. The fraction of sp³-hybridized carbons (Fsp3) is 0.556. The quantitative estimate of drug-likeness (QED) is 0.473. The second-order valence-electron chi connectivity index (χ2n) is 6.19. The van der Waals surface area contributed by atoms with E-state index in [0.717, 1.165) is 44.2 Å². The summed E-state index contributed by atoms with van der Waals surface area (Å²) in [6.07, 6.45) is 9.36. The van der Waals surface area contributed by atoms with E-state index in [9.17, 15) is 13.2 Å². The van der Waals surface area contributed by atoms with Gasteiger partial charge in [0.2, 0.25) is 0 Å². The molecule has 0 radical (unpaired) electrons. The third-order valence-corrected chi connectivity index (χ3v) is 4.80. The average molecular weight is 296 g/mol. The van der Waals surface area contributed by atoms with Crippen LogP contribution in [0.3, 0.4) is 0 Å². The first-order valence-corrected chi connectivity index (χ1v) is 7.78. The first-order chi connectivity index (χ1) is 10.0. The molecule has 0 bridgehead atoms. The largest absolute Gasteiger partial charge is 0.204 e. The van der Waals surface area contributed by atoms with E-state index >= 15 is 0 Å². The molecule has 0 saturated heterocycles. The lowest BCUT2D eigenvalue weighted by Crippen LogP contribution is -2.19. The Balaban J connectivity index is 1.98. The van der Waals surface area contributed by atoms with E-state index in [4.69, 9.17) is 0 Å². The highest BCUT2D eigenvalue weighted by molar-refractivity contribution is 5.23. The highest BCUT2D eigenvalue weighted by Gasteiger charge is 2.26. The summed E-state index contributed by atoms with van der Waals surface area (Å²) in [5.74, 6) is -2.05. The summed E-state index contributed by atoms with van der Waals surface area (Å²) in [6, 6.07) is 2.32. The van der Waals surface area contributed by atoms with E-state index in [-0.39, 0.29) is 5.92 Å². The highest BCUT2D eigenvalue weighted by atomic mass is 19.2. The smallest absolute Gasteiger partial charge is 0.194 e. The first kappa shape index (κ1) is 16.1. The molecule has 0 nitrogen and oxygen atoms in total. The molecule has 0 aliphatic heterocycles. The Labute approximate surface area is 125 Å². The van der Waals surface area contributed by atoms with Crippen LogP contribution in [0.4, 0.5) is 13.2 Å². The lowest BCUT2D eigenvalue weighted by Gasteiger charge is -2.32. The van der Waals surface area contributed by atoms with Crippen molar-refractivity contribution in [2.45, 2.75) is 51.9 Å². The molecule has 0 N–H and O–H groups in total. The summed E-state index contributed by atoms with van der Waals surface area (Å²) in [6.45, 7) is 4.30. The van der Waals surface area contributed by atoms with Crippen molar-refractivity contribution in [1.82, 2.24) is 0 Å². The third kappa shape index (κ3) is 3.90. The molecule has 0 spiro atoms. The van der Waals surface area contributed by atoms with Gasteiger partial charge in [-0.15, -0.1) is 0 Å². The fourth-order valence-corrected chi connectivity index (χ4v) is 3.38. The van der Waals surface area contributed by atoms with Crippen LogP contribution >= 0.6 is 0 Å². The Bertz CT molecular complexity index is 476. The zero-order chi connectivity index (χ0) is 15.4. The Morgan fingerprint density at radius 1 is 1.10 bits per heavy atom. The molecule has 1 atom stereocenters. The standard InChI is InChI=1S/C18H23F3/c1-3-4-5-12(2)13-6-8-14(9-7-13)15-10-16(19)18(21)17(20)11-15/h3-4,10-14H,5-9H2,1-2H3. The van der Waals surface area contributed by atoms with Crippen LogP contribution in [0.25, 0.3) is 0 Å². The van der Waals surface area contributed by atoms with Crippen molar-refractivity contribution in [2.75, 3.05) is 0 Å². The van der Waals surface area contributed by atoms with Crippen molar-refractivity contribution in [1.29, 1.82) is 0 Å². The van der Waals surface area contributed by atoms with Crippen molar-refractivity contribution in [3.8, 4) is 0 Å². The highest BCUT2D eigenvalue weighted by Crippen LogP contribution is 2.40. The number of hydrogen-bond acceptors (Lipinski definition) is 0. The maximum atomic E-state index is 13.3. The predicted molar refractivity (Wildman–Crippen MR) is 79.6 cm³/mol. The number of allylic oxidation sites excluding steroid dienone is 2. The van der Waals surface area contributed by atoms with Crippen molar-refractivity contribution in [3.63, 3.8) is 0 Å². The van der Waals surface area contributed by atoms with E-state index < -0.39 is 17.5 Å². The van der Waals surface area contributed by atoms with Crippen LogP contribution in [0.1, 0.15) is 57.4 Å². The first-order valence-electron chi connectivity index (χ1n) is 7.78. The Morgan fingerprint density at radius 2 is 1.67 bits per heavy atom. The van der Waals surface area contributed by atoms with Gasteiger partial charge < -0.3 is 0 Å². The third-order valence-electron chi connectivity index (χ3n) is 4.80. The molecule has 3 heteroatoms. The van der Waals surface area contributed by atoms with Crippen molar-refractivity contribution in [2.24, 2.45) is 11.8 Å². The lowest BCUT2D eigenvalue weighted by molar-refractivity contribution is 0.246. The fourth-order valence-electron chi connectivity index (χ4n) is 3.38. The topological polar surface area (TPSA) is 0 Å². The number of halogens is 3. The van der Waals surface area contributed by atoms with Gasteiger partial charge >= 0.3 is 0 Å². The molecule has 2 rings (SSSR count). The molecule has 1 aliphatic rings. The van der Waals surface area contributed by atoms with Gasteiger partial charge in [-0.1, -0.05) is 19.1 Å². The molecule has 1 aromatic rings. The summed E-state index contributed by atoms with van der Waals surface area (Å²) in [5, 5.41) is 0. The van der Waals surface area contributed by atoms with Crippen molar-refractivity contribution in [3.05, 3.63) is 47.3 Å².